The molecule has 3 rings (SSSR count). The fraction of sp³-hybridized carbons (Fsp3) is 0.684. The fourth-order valence-corrected chi connectivity index (χ4v) is 4.51. The molecule has 1 aliphatic heterocycles. The first-order valence-electron chi connectivity index (χ1n) is 9.89. The monoisotopic (exact) mass is 391 g/mol. The second-order valence-electron chi connectivity index (χ2n) is 8.18. The van der Waals surface area contributed by atoms with Crippen LogP contribution in [0.3, 0.4) is 0 Å². The number of aromatic nitrogens is 2. The number of amidine groups is 1. The van der Waals surface area contributed by atoms with Crippen LogP contribution in [0.25, 0.3) is 0 Å². The van der Waals surface area contributed by atoms with Crippen LogP contribution in [0.4, 0.5) is 0 Å². The Labute approximate surface area is 163 Å². The molecule has 2 aliphatic rings. The average molecular weight is 391 g/mol. The molecule has 2 heterocycles. The van der Waals surface area contributed by atoms with Crippen molar-refractivity contribution in [3.8, 4) is 5.88 Å². The van der Waals surface area contributed by atoms with Gasteiger partial charge in [0.15, 0.2) is 0 Å². The van der Waals surface area contributed by atoms with Crippen LogP contribution in [0.1, 0.15) is 64.0 Å². The summed E-state index contributed by atoms with van der Waals surface area (Å²) in [7, 11) is 0. The minimum Gasteiger partial charge on any atom is -0.494 e. The normalized spacial score (nSPS) is 18.9. The summed E-state index contributed by atoms with van der Waals surface area (Å²) >= 11 is 0. The van der Waals surface area contributed by atoms with E-state index >= 15 is 0 Å². The first kappa shape index (κ1) is 20.2. The molecule has 28 heavy (non-hydrogen) atoms. The Morgan fingerprint density at radius 2 is 1.89 bits per heavy atom. The van der Waals surface area contributed by atoms with Gasteiger partial charge in [-0.05, 0) is 32.1 Å². The highest BCUT2D eigenvalue weighted by atomic mass is 16.3. The molecule has 9 nitrogen and oxygen atoms in total. The predicted octanol–water partition coefficient (Wildman–Crippen LogP) is 0.763. The zero-order chi connectivity index (χ0) is 20.6. The topological polar surface area (TPSA) is 134 Å². The summed E-state index contributed by atoms with van der Waals surface area (Å²) in [5.41, 5.74) is 4.09. The molecule has 0 atom stereocenters. The summed E-state index contributed by atoms with van der Waals surface area (Å²) in [6.07, 6.45) is 4.45. The van der Waals surface area contributed by atoms with Gasteiger partial charge in [-0.25, -0.2) is 4.79 Å². The molecule has 0 radical (unpaired) electrons. The number of rotatable bonds is 5. The maximum Gasteiger partial charge on any atom is 0.334 e. The zero-order valence-corrected chi connectivity index (χ0v) is 16.5. The van der Waals surface area contributed by atoms with Gasteiger partial charge in [0.25, 0.3) is 5.56 Å². The summed E-state index contributed by atoms with van der Waals surface area (Å²) in [6.45, 7) is 5.27. The van der Waals surface area contributed by atoms with E-state index in [0.29, 0.717) is 19.3 Å². The largest absolute Gasteiger partial charge is 0.494 e. The number of carbonyl (C=O) groups is 1. The smallest absolute Gasteiger partial charge is 0.334 e. The number of hydrogen-bond donors (Lipinski definition) is 3. The number of amides is 1. The Morgan fingerprint density at radius 3 is 2.39 bits per heavy atom. The number of likely N-dealkylation sites (tertiary alicyclic amines) is 1. The zero-order valence-electron chi connectivity index (χ0n) is 16.5. The van der Waals surface area contributed by atoms with E-state index in [2.05, 4.69) is 0 Å². The van der Waals surface area contributed by atoms with Crippen molar-refractivity contribution in [1.82, 2.24) is 14.0 Å². The molecule has 1 saturated carbocycles. The van der Waals surface area contributed by atoms with E-state index in [1.165, 1.54) is 4.57 Å². The van der Waals surface area contributed by atoms with Gasteiger partial charge in [-0.3, -0.25) is 24.1 Å². The Bertz CT molecular complexity index is 900. The third-order valence-electron chi connectivity index (χ3n) is 6.23. The second kappa shape index (κ2) is 7.44. The highest BCUT2D eigenvalue weighted by Crippen LogP contribution is 2.46. The van der Waals surface area contributed by atoms with Crippen LogP contribution in [0.15, 0.2) is 9.59 Å². The van der Waals surface area contributed by atoms with Gasteiger partial charge >= 0.3 is 5.69 Å². The maximum atomic E-state index is 13.0. The van der Waals surface area contributed by atoms with Crippen LogP contribution in [-0.4, -0.2) is 44.0 Å². The molecular weight excluding hydrogens is 362 g/mol. The maximum absolute atomic E-state index is 13.0. The molecule has 1 saturated heterocycles. The number of hydrogen-bond acceptors (Lipinski definition) is 5. The molecule has 1 amide bonds. The van der Waals surface area contributed by atoms with Crippen molar-refractivity contribution >= 4 is 11.7 Å². The number of carbonyl (C=O) groups excluding carboxylic acids is 1. The second-order valence-corrected chi connectivity index (χ2v) is 8.18. The van der Waals surface area contributed by atoms with Crippen LogP contribution >= 0.6 is 0 Å². The van der Waals surface area contributed by atoms with E-state index < -0.39 is 23.0 Å². The highest BCUT2D eigenvalue weighted by Gasteiger charge is 2.46. The first-order valence-corrected chi connectivity index (χ1v) is 9.89. The Morgan fingerprint density at radius 1 is 1.29 bits per heavy atom. The molecule has 9 heteroatoms. The summed E-state index contributed by atoms with van der Waals surface area (Å²) in [5, 5.41) is 18.1. The highest BCUT2D eigenvalue weighted by molar-refractivity contribution is 5.96. The van der Waals surface area contributed by atoms with Crippen molar-refractivity contribution in [1.29, 1.82) is 5.41 Å². The number of aromatic hydroxyl groups is 1. The van der Waals surface area contributed by atoms with Crippen LogP contribution in [0, 0.1) is 10.8 Å². The minimum atomic E-state index is -0.692. The molecule has 0 unspecified atom stereocenters. The van der Waals surface area contributed by atoms with Gasteiger partial charge in [0, 0.05) is 38.0 Å². The van der Waals surface area contributed by atoms with Gasteiger partial charge in [0.1, 0.15) is 11.4 Å². The first-order chi connectivity index (χ1) is 13.2. The number of nitrogens with two attached hydrogens (primary N) is 1. The van der Waals surface area contributed by atoms with E-state index in [4.69, 9.17) is 11.1 Å². The summed E-state index contributed by atoms with van der Waals surface area (Å²) in [5.74, 6) is -0.979. The van der Waals surface area contributed by atoms with E-state index in [0.717, 1.165) is 36.9 Å². The summed E-state index contributed by atoms with van der Waals surface area (Å²) in [6, 6.07) is -0.288. The lowest BCUT2D eigenvalue weighted by molar-refractivity contribution is -0.143. The Kier molecular flexibility index (Phi) is 5.36. The SMILES string of the molecule is CCCCn1c(O)c(C(=N)N)c(=O)n(C2CCC3(CC2)CN(C(C)=O)C3)c1=O. The lowest BCUT2D eigenvalue weighted by Crippen LogP contribution is -2.59. The standard InChI is InChI=1S/C19H29N5O4/c1-3-4-9-23-16(26)14(15(20)21)17(27)24(18(23)28)13-5-7-19(8-6-13)10-22(11-19)12(2)25/h13,26H,3-11H2,1-2H3,(H3,20,21). The lowest BCUT2D eigenvalue weighted by atomic mass is 9.67. The summed E-state index contributed by atoms with van der Waals surface area (Å²) in [4.78, 5) is 39.1. The van der Waals surface area contributed by atoms with Crippen LogP contribution in [0.5, 0.6) is 5.88 Å². The van der Waals surface area contributed by atoms with E-state index in [1.54, 1.807) is 6.92 Å². The predicted molar refractivity (Wildman–Crippen MR) is 105 cm³/mol. The van der Waals surface area contributed by atoms with Gasteiger partial charge in [0.05, 0.1) is 0 Å². The molecule has 4 N–H and O–H groups in total. The molecule has 1 aromatic rings. The number of unbranched alkanes of at least 4 members (excludes halogenated alkanes) is 1. The van der Waals surface area contributed by atoms with E-state index in [9.17, 15) is 19.5 Å². The van der Waals surface area contributed by atoms with Crippen LogP contribution in [0.2, 0.25) is 0 Å². The Hall–Kier alpha value is -2.58. The third kappa shape index (κ3) is 3.33. The van der Waals surface area contributed by atoms with Gasteiger partial charge in [-0.15, -0.1) is 0 Å². The van der Waals surface area contributed by atoms with Crippen molar-refractivity contribution in [2.24, 2.45) is 11.1 Å². The number of nitrogens with one attached hydrogen (secondary N) is 1. The number of nitrogens with zero attached hydrogens (tertiary/aromatic N) is 3. The van der Waals surface area contributed by atoms with E-state index in [1.807, 2.05) is 11.8 Å². The van der Waals surface area contributed by atoms with Gasteiger partial charge in [0.2, 0.25) is 11.8 Å². The van der Waals surface area contributed by atoms with Crippen molar-refractivity contribution < 1.29 is 9.90 Å². The molecule has 2 fully saturated rings. The average Bonchev–Trinajstić information content (AvgIpc) is 2.59. The van der Waals surface area contributed by atoms with Gasteiger partial charge < -0.3 is 15.7 Å². The van der Waals surface area contributed by atoms with Crippen LogP contribution < -0.4 is 17.0 Å². The molecule has 0 aromatic carbocycles. The Balaban J connectivity index is 1.91. The summed E-state index contributed by atoms with van der Waals surface area (Å²) < 4.78 is 2.34. The third-order valence-corrected chi connectivity index (χ3v) is 6.23. The fourth-order valence-electron chi connectivity index (χ4n) is 4.51. The molecule has 154 valence electrons. The number of nitrogen functional groups attached to an aromatic ring is 1. The van der Waals surface area contributed by atoms with Crippen molar-refractivity contribution in [2.75, 3.05) is 13.1 Å². The van der Waals surface area contributed by atoms with Gasteiger partial charge in [-0.1, -0.05) is 13.3 Å². The molecule has 1 aromatic heterocycles. The van der Waals surface area contributed by atoms with Crippen molar-refractivity contribution in [3.05, 3.63) is 26.4 Å². The molecular formula is C19H29N5O4. The van der Waals surface area contributed by atoms with E-state index in [-0.39, 0.29) is 29.5 Å². The van der Waals surface area contributed by atoms with Crippen LogP contribution in [-0.2, 0) is 11.3 Å². The molecule has 1 spiro atoms. The lowest BCUT2D eigenvalue weighted by Gasteiger charge is -2.53. The minimum absolute atomic E-state index is 0.0763. The van der Waals surface area contributed by atoms with Gasteiger partial charge in [-0.2, -0.15) is 0 Å². The van der Waals surface area contributed by atoms with Crippen molar-refractivity contribution in [3.63, 3.8) is 0 Å². The van der Waals surface area contributed by atoms with Crippen molar-refractivity contribution in [2.45, 2.75) is 65.0 Å². The molecule has 0 bridgehead atoms. The molecule has 1 aliphatic carbocycles. The quantitative estimate of drug-likeness (QED) is 0.503.